The largest absolute Gasteiger partial charge is 0.394 e. The van der Waals surface area contributed by atoms with Gasteiger partial charge in [-0.2, -0.15) is 0 Å². The third-order valence-electron chi connectivity index (χ3n) is 7.54. The maximum absolute atomic E-state index is 10.2. The molecule has 0 aromatic heterocycles. The Hall–Kier alpha value is -0.680. The molecule has 17 unspecified atom stereocenters. The second-order valence-corrected chi connectivity index (χ2v) is 10.8. The van der Waals surface area contributed by atoms with Crippen molar-refractivity contribution in [2.24, 2.45) is 28.9 Å². The average Bonchev–Trinajstić information content (AvgIpc) is 2.92. The molecule has 3 rings (SSSR count). The van der Waals surface area contributed by atoms with Crippen LogP contribution in [0.2, 0.25) is 0 Å². The van der Waals surface area contributed by atoms with Crippen LogP contribution in [0, 0.1) is 5.92 Å². The average molecular weight is 589 g/mol. The highest BCUT2D eigenvalue weighted by Crippen LogP contribution is 2.26. The molecule has 0 spiro atoms. The van der Waals surface area contributed by atoms with E-state index in [0.29, 0.717) is 0 Å². The predicted molar refractivity (Wildman–Crippen MR) is 136 cm³/mol. The van der Waals surface area contributed by atoms with Gasteiger partial charge in [-0.05, 0) is 6.92 Å². The van der Waals surface area contributed by atoms with E-state index in [2.05, 4.69) is 0 Å². The molecule has 0 aromatic rings. The van der Waals surface area contributed by atoms with Crippen molar-refractivity contribution in [3.63, 3.8) is 0 Å². The molecular weight excluding hydrogens is 540 g/mol. The molecule has 0 amide bonds. The molecule has 0 aromatic carbocycles. The molecule has 0 bridgehead atoms. The maximum Gasteiger partial charge on any atom is 0.173 e. The Morgan fingerprint density at radius 3 is 1.55 bits per heavy atom. The summed E-state index contributed by atoms with van der Waals surface area (Å²) in [5.41, 5.74) is 22.9. The first-order valence-electron chi connectivity index (χ1n) is 13.2. The minimum Gasteiger partial charge on any atom is -0.394 e. The summed E-state index contributed by atoms with van der Waals surface area (Å²) >= 11 is 0. The first kappa shape index (κ1) is 35.5. The Balaban J connectivity index is 0.000000389. The van der Waals surface area contributed by atoms with Gasteiger partial charge in [0.05, 0.1) is 56.8 Å². The molecule has 3 aliphatic heterocycles. The van der Waals surface area contributed by atoms with E-state index in [1.165, 1.54) is 0 Å². The van der Waals surface area contributed by atoms with Gasteiger partial charge in [-0.25, -0.2) is 0 Å². The van der Waals surface area contributed by atoms with Crippen molar-refractivity contribution < 1.29 is 64.9 Å². The van der Waals surface area contributed by atoms with Crippen LogP contribution in [-0.4, -0.2) is 170 Å². The summed E-state index contributed by atoms with van der Waals surface area (Å²) in [6.45, 7) is 2.70. The molecule has 3 aliphatic rings. The molecule has 3 heterocycles. The Kier molecular flexibility index (Phi) is 13.9. The minimum atomic E-state index is -1.35. The van der Waals surface area contributed by atoms with Gasteiger partial charge >= 0.3 is 0 Å². The highest BCUT2D eigenvalue weighted by molar-refractivity contribution is 4.98. The summed E-state index contributed by atoms with van der Waals surface area (Å²) in [6, 6.07) is -3.13. The zero-order valence-electron chi connectivity index (χ0n) is 22.6. The van der Waals surface area contributed by atoms with Crippen LogP contribution in [0.4, 0.5) is 0 Å². The maximum atomic E-state index is 10.2. The van der Waals surface area contributed by atoms with E-state index >= 15 is 0 Å². The molecule has 0 saturated carbocycles. The van der Waals surface area contributed by atoms with Gasteiger partial charge in [0.1, 0.15) is 54.9 Å². The molecule has 3 fully saturated rings. The van der Waals surface area contributed by atoms with Crippen molar-refractivity contribution in [2.45, 2.75) is 111 Å². The minimum absolute atomic E-state index is 0.0188. The Morgan fingerprint density at radius 2 is 1.05 bits per heavy atom. The summed E-state index contributed by atoms with van der Waals surface area (Å²) in [7, 11) is 0. The fourth-order valence-corrected chi connectivity index (χ4v) is 4.89. The number of hydrogen-bond donors (Lipinski definition) is 13. The summed E-state index contributed by atoms with van der Waals surface area (Å²) in [5.74, 6) is -0.289. The normalized spacial score (nSPS) is 47.6. The molecule has 17 N–H and O–H groups in total. The Morgan fingerprint density at radius 1 is 0.625 bits per heavy atom. The van der Waals surface area contributed by atoms with Gasteiger partial charge < -0.3 is 87.8 Å². The third kappa shape index (κ3) is 8.23. The summed E-state index contributed by atoms with van der Waals surface area (Å²) in [4.78, 5) is 0. The summed E-state index contributed by atoms with van der Waals surface area (Å²) in [6.07, 6.45) is -12.8. The highest BCUT2D eigenvalue weighted by Gasteiger charge is 2.46. The van der Waals surface area contributed by atoms with Crippen molar-refractivity contribution >= 4 is 0 Å². The van der Waals surface area contributed by atoms with Gasteiger partial charge in [0.2, 0.25) is 0 Å². The van der Waals surface area contributed by atoms with Gasteiger partial charge in [-0.1, -0.05) is 6.92 Å². The lowest BCUT2D eigenvalue weighted by Crippen LogP contribution is -2.65. The van der Waals surface area contributed by atoms with Gasteiger partial charge in [-0.15, -0.1) is 0 Å². The van der Waals surface area contributed by atoms with Gasteiger partial charge in [0.15, 0.2) is 6.29 Å². The van der Waals surface area contributed by atoms with Crippen molar-refractivity contribution in [3.05, 3.63) is 0 Å². The zero-order valence-corrected chi connectivity index (χ0v) is 22.6. The third-order valence-corrected chi connectivity index (χ3v) is 7.54. The molecule has 0 radical (unpaired) electrons. The zero-order chi connectivity index (χ0) is 30.5. The lowest BCUT2D eigenvalue weighted by atomic mass is 9.87. The SMILES string of the molecule is CC(N)C1OC(COCC(C)C2OC(CO)C(O)C(O)C2N)C(O)C(O)C1N.NC1C(O)OC(CO)C(O)C1O. The van der Waals surface area contributed by atoms with E-state index in [4.69, 9.17) is 52.1 Å². The fourth-order valence-electron chi connectivity index (χ4n) is 4.89. The second-order valence-electron chi connectivity index (χ2n) is 10.8. The van der Waals surface area contributed by atoms with Crippen molar-refractivity contribution in [1.82, 2.24) is 0 Å². The molecule has 238 valence electrons. The van der Waals surface area contributed by atoms with Crippen LogP contribution >= 0.6 is 0 Å². The lowest BCUT2D eigenvalue weighted by molar-refractivity contribution is -0.248. The molecule has 17 nitrogen and oxygen atoms in total. The molecule has 0 aliphatic carbocycles. The number of hydrogen-bond acceptors (Lipinski definition) is 17. The van der Waals surface area contributed by atoms with Crippen LogP contribution in [0.5, 0.6) is 0 Å². The van der Waals surface area contributed by atoms with Crippen LogP contribution in [-0.2, 0) is 18.9 Å². The smallest absolute Gasteiger partial charge is 0.173 e. The lowest BCUT2D eigenvalue weighted by Gasteiger charge is -2.44. The van der Waals surface area contributed by atoms with Gasteiger partial charge in [-0.3, -0.25) is 0 Å². The Labute approximate surface area is 232 Å². The predicted octanol–water partition coefficient (Wildman–Crippen LogP) is -7.64. The topological polar surface area (TPSA) is 323 Å². The van der Waals surface area contributed by atoms with E-state index in [0.717, 1.165) is 0 Å². The Bertz CT molecular complexity index is 738. The number of aliphatic hydroxyl groups excluding tert-OH is 9. The molecule has 3 saturated heterocycles. The van der Waals surface area contributed by atoms with Gasteiger partial charge in [0.25, 0.3) is 0 Å². The molecule has 17 atom stereocenters. The summed E-state index contributed by atoms with van der Waals surface area (Å²) < 4.78 is 21.7. The molecule has 40 heavy (non-hydrogen) atoms. The second kappa shape index (κ2) is 15.7. The van der Waals surface area contributed by atoms with Crippen molar-refractivity contribution in [3.8, 4) is 0 Å². The number of aliphatic hydroxyl groups is 9. The molecular formula is C23H48N4O13. The van der Waals surface area contributed by atoms with E-state index in [-0.39, 0.29) is 19.1 Å². The van der Waals surface area contributed by atoms with Crippen LogP contribution in [0.15, 0.2) is 0 Å². The standard InChI is InChI=1S/C17H35N3O8.C6H13NO5/c1-6(16-10(19)14(24)12(22)8(3-21)27-16)4-26-5-9-13(23)15(25)11(20)17(28-9)7(2)18;7-3-5(10)4(9)2(1-8)12-6(3)11/h6-17,21-25H,3-5,18-20H2,1-2H3;2-6,8-11H,1,7H2. The fraction of sp³-hybridized carbons (Fsp3) is 1.00. The van der Waals surface area contributed by atoms with Crippen LogP contribution in [0.25, 0.3) is 0 Å². The number of rotatable bonds is 8. The summed E-state index contributed by atoms with van der Waals surface area (Å²) in [5, 5.41) is 85.6. The van der Waals surface area contributed by atoms with E-state index in [1.807, 2.05) is 0 Å². The van der Waals surface area contributed by atoms with E-state index in [1.54, 1.807) is 13.8 Å². The van der Waals surface area contributed by atoms with E-state index in [9.17, 15) is 35.7 Å². The highest BCUT2D eigenvalue weighted by atomic mass is 16.6. The number of nitrogens with two attached hydrogens (primary N) is 4. The van der Waals surface area contributed by atoms with E-state index < -0.39 is 111 Å². The quantitative estimate of drug-likeness (QED) is 0.125. The first-order valence-corrected chi connectivity index (χ1v) is 13.2. The van der Waals surface area contributed by atoms with Crippen LogP contribution in [0.3, 0.4) is 0 Å². The van der Waals surface area contributed by atoms with Gasteiger partial charge in [0, 0.05) is 12.0 Å². The monoisotopic (exact) mass is 588 g/mol. The molecule has 17 heteroatoms. The van der Waals surface area contributed by atoms with Crippen LogP contribution < -0.4 is 22.9 Å². The van der Waals surface area contributed by atoms with Crippen molar-refractivity contribution in [1.29, 1.82) is 0 Å². The van der Waals surface area contributed by atoms with Crippen molar-refractivity contribution in [2.75, 3.05) is 26.4 Å². The number of ether oxygens (including phenoxy) is 4. The first-order chi connectivity index (χ1) is 18.7. The van der Waals surface area contributed by atoms with Crippen LogP contribution in [0.1, 0.15) is 13.8 Å².